The van der Waals surface area contributed by atoms with Crippen LogP contribution in [0.15, 0.2) is 30.3 Å². The molecule has 3 aromatic rings. The number of ether oxygens (including phenoxy) is 1. The van der Waals surface area contributed by atoms with Gasteiger partial charge in [0.2, 0.25) is 5.88 Å². The summed E-state index contributed by atoms with van der Waals surface area (Å²) in [5.41, 5.74) is 4.10. The molecule has 0 fully saturated rings. The lowest BCUT2D eigenvalue weighted by Crippen LogP contribution is -2.01. The van der Waals surface area contributed by atoms with E-state index in [1.54, 1.807) is 12.1 Å². The molecule has 0 radical (unpaired) electrons. The van der Waals surface area contributed by atoms with Crippen LogP contribution in [0.5, 0.6) is 5.88 Å². The van der Waals surface area contributed by atoms with E-state index in [1.807, 2.05) is 24.6 Å². The van der Waals surface area contributed by atoms with Gasteiger partial charge in [-0.05, 0) is 43.2 Å². The Morgan fingerprint density at radius 1 is 1.23 bits per heavy atom. The van der Waals surface area contributed by atoms with E-state index < -0.39 is 0 Å². The fraction of sp³-hybridized carbons (Fsp3) is 0.235. The Balaban J connectivity index is 1.99. The van der Waals surface area contributed by atoms with Gasteiger partial charge in [-0.3, -0.25) is 0 Å². The number of rotatable bonds is 3. The van der Waals surface area contributed by atoms with Gasteiger partial charge in [0, 0.05) is 18.1 Å². The van der Waals surface area contributed by atoms with Crippen LogP contribution in [0.1, 0.15) is 16.8 Å². The summed E-state index contributed by atoms with van der Waals surface area (Å²) in [6, 6.07) is 8.06. The maximum Gasteiger partial charge on any atom is 0.240 e. The first-order valence-electron chi connectivity index (χ1n) is 6.96. The Morgan fingerprint density at radius 2 is 1.91 bits per heavy atom. The molecule has 0 spiro atoms. The number of fused-ring (bicyclic) bond motifs is 1. The number of aryl methyl sites for hydroxylation is 2. The van der Waals surface area contributed by atoms with Crippen molar-refractivity contribution in [2.24, 2.45) is 7.05 Å². The second kappa shape index (κ2) is 5.61. The Kier molecular flexibility index (Phi) is 3.79. The first-order valence-corrected chi connectivity index (χ1v) is 7.34. The highest BCUT2D eigenvalue weighted by Gasteiger charge is 2.15. The molecule has 2 heterocycles. The Bertz CT molecular complexity index is 840. The normalized spacial score (nSPS) is 11.1. The Labute approximate surface area is 133 Å². The Hall–Kier alpha value is -2.07. The molecule has 0 saturated carbocycles. The van der Waals surface area contributed by atoms with Crippen molar-refractivity contribution in [2.45, 2.75) is 20.5 Å². The third-order valence-corrected chi connectivity index (χ3v) is 4.20. The zero-order valence-electron chi connectivity index (χ0n) is 12.7. The molecule has 0 amide bonds. The van der Waals surface area contributed by atoms with Gasteiger partial charge in [0.15, 0.2) is 0 Å². The van der Waals surface area contributed by atoms with Crippen LogP contribution in [-0.4, -0.2) is 9.55 Å². The smallest absolute Gasteiger partial charge is 0.240 e. The number of aromatic nitrogens is 2. The highest BCUT2D eigenvalue weighted by atomic mass is 35.5. The van der Waals surface area contributed by atoms with Crippen molar-refractivity contribution in [1.82, 2.24) is 9.55 Å². The summed E-state index contributed by atoms with van der Waals surface area (Å²) >= 11 is 6.11. The summed E-state index contributed by atoms with van der Waals surface area (Å²) in [5, 5.41) is 1.43. The molecule has 0 N–H and O–H groups in total. The van der Waals surface area contributed by atoms with Gasteiger partial charge in [-0.25, -0.2) is 4.39 Å². The molecule has 3 nitrogen and oxygen atoms in total. The van der Waals surface area contributed by atoms with Crippen molar-refractivity contribution in [3.8, 4) is 5.88 Å². The van der Waals surface area contributed by atoms with Crippen LogP contribution in [0.4, 0.5) is 4.39 Å². The van der Waals surface area contributed by atoms with Crippen LogP contribution in [-0.2, 0) is 13.7 Å². The van der Waals surface area contributed by atoms with Crippen LogP contribution in [0, 0.1) is 19.7 Å². The van der Waals surface area contributed by atoms with Crippen molar-refractivity contribution in [3.63, 3.8) is 0 Å². The molecule has 0 aliphatic heterocycles. The van der Waals surface area contributed by atoms with Gasteiger partial charge in [0.1, 0.15) is 23.1 Å². The molecule has 22 heavy (non-hydrogen) atoms. The maximum absolute atomic E-state index is 12.9. The van der Waals surface area contributed by atoms with Crippen LogP contribution >= 0.6 is 11.6 Å². The molecule has 114 valence electrons. The molecular weight excluding hydrogens is 303 g/mol. The third-order valence-electron chi connectivity index (χ3n) is 4.00. The van der Waals surface area contributed by atoms with Crippen molar-refractivity contribution in [2.75, 3.05) is 0 Å². The fourth-order valence-corrected chi connectivity index (χ4v) is 2.73. The monoisotopic (exact) mass is 318 g/mol. The van der Waals surface area contributed by atoms with E-state index in [0.29, 0.717) is 17.6 Å². The van der Waals surface area contributed by atoms with Gasteiger partial charge < -0.3 is 9.30 Å². The third kappa shape index (κ3) is 2.55. The van der Waals surface area contributed by atoms with Gasteiger partial charge in [-0.15, -0.1) is 0 Å². The molecule has 0 unspecified atom stereocenters. The quantitative estimate of drug-likeness (QED) is 0.662. The zero-order valence-corrected chi connectivity index (χ0v) is 13.4. The van der Waals surface area contributed by atoms with E-state index in [9.17, 15) is 4.39 Å². The summed E-state index contributed by atoms with van der Waals surface area (Å²) in [6.07, 6.45) is 0. The first kappa shape index (κ1) is 14.9. The molecule has 2 aromatic heterocycles. The largest absolute Gasteiger partial charge is 0.471 e. The molecule has 0 aliphatic carbocycles. The minimum atomic E-state index is -0.263. The van der Waals surface area contributed by atoms with Gasteiger partial charge in [0.25, 0.3) is 0 Å². The SMILES string of the molecule is Cc1c(C)n(C)c2c(OCc3ccc(F)cc3)nc(Cl)cc12. The zero-order chi connectivity index (χ0) is 15.9. The van der Waals surface area contributed by atoms with E-state index in [4.69, 9.17) is 16.3 Å². The van der Waals surface area contributed by atoms with Crippen LogP contribution in [0.25, 0.3) is 10.9 Å². The van der Waals surface area contributed by atoms with E-state index >= 15 is 0 Å². The second-order valence-corrected chi connectivity index (χ2v) is 5.72. The van der Waals surface area contributed by atoms with Gasteiger partial charge in [0.05, 0.1) is 0 Å². The van der Waals surface area contributed by atoms with Crippen LogP contribution < -0.4 is 4.74 Å². The predicted molar refractivity (Wildman–Crippen MR) is 85.9 cm³/mol. The highest BCUT2D eigenvalue weighted by Crippen LogP contribution is 2.32. The van der Waals surface area contributed by atoms with Crippen molar-refractivity contribution in [3.05, 3.63) is 58.1 Å². The Morgan fingerprint density at radius 3 is 2.59 bits per heavy atom. The summed E-state index contributed by atoms with van der Waals surface area (Å²) in [7, 11) is 1.98. The van der Waals surface area contributed by atoms with Gasteiger partial charge >= 0.3 is 0 Å². The summed E-state index contributed by atoms with van der Waals surface area (Å²) < 4.78 is 20.8. The minimum absolute atomic E-state index is 0.263. The molecule has 0 atom stereocenters. The molecule has 0 bridgehead atoms. The van der Waals surface area contributed by atoms with Crippen LogP contribution in [0.3, 0.4) is 0 Å². The first-order chi connectivity index (χ1) is 10.5. The predicted octanol–water partition coefficient (Wildman–Crippen LogP) is 4.56. The molecule has 5 heteroatoms. The van der Waals surface area contributed by atoms with Crippen molar-refractivity contribution in [1.29, 1.82) is 0 Å². The lowest BCUT2D eigenvalue weighted by atomic mass is 10.2. The second-order valence-electron chi connectivity index (χ2n) is 5.33. The lowest BCUT2D eigenvalue weighted by molar-refractivity contribution is 0.296. The summed E-state index contributed by atoms with van der Waals surface area (Å²) in [6.45, 7) is 4.41. The molecular formula is C17H16ClFN2O. The lowest BCUT2D eigenvalue weighted by Gasteiger charge is -2.09. The number of halogens is 2. The van der Waals surface area contributed by atoms with Crippen molar-refractivity contribution < 1.29 is 9.13 Å². The molecule has 1 aromatic carbocycles. The minimum Gasteiger partial charge on any atom is -0.471 e. The molecule has 3 rings (SSSR count). The number of hydrogen-bond acceptors (Lipinski definition) is 2. The fourth-order valence-electron chi connectivity index (χ4n) is 2.54. The number of hydrogen-bond donors (Lipinski definition) is 0. The average Bonchev–Trinajstić information content (AvgIpc) is 2.71. The standard InChI is InChI=1S/C17H16ClFN2O/c1-10-11(2)21(3)16-14(10)8-15(18)20-17(16)22-9-12-4-6-13(19)7-5-12/h4-8H,9H2,1-3H3. The molecule has 0 aliphatic rings. The maximum atomic E-state index is 12.9. The summed E-state index contributed by atoms with van der Waals surface area (Å²) in [5.74, 6) is 0.228. The van der Waals surface area contributed by atoms with E-state index in [2.05, 4.69) is 11.9 Å². The van der Waals surface area contributed by atoms with E-state index in [0.717, 1.165) is 27.7 Å². The van der Waals surface area contributed by atoms with E-state index in [1.165, 1.54) is 12.1 Å². The number of benzene rings is 1. The van der Waals surface area contributed by atoms with Crippen molar-refractivity contribution >= 4 is 22.5 Å². The average molecular weight is 319 g/mol. The van der Waals surface area contributed by atoms with Crippen LogP contribution in [0.2, 0.25) is 5.15 Å². The molecule has 0 saturated heterocycles. The topological polar surface area (TPSA) is 27.1 Å². The van der Waals surface area contributed by atoms with Gasteiger partial charge in [-0.2, -0.15) is 4.98 Å². The van der Waals surface area contributed by atoms with Gasteiger partial charge in [-0.1, -0.05) is 23.7 Å². The van der Waals surface area contributed by atoms with E-state index in [-0.39, 0.29) is 5.82 Å². The number of nitrogens with zero attached hydrogens (tertiary/aromatic N) is 2. The highest BCUT2D eigenvalue weighted by molar-refractivity contribution is 6.30. The summed E-state index contributed by atoms with van der Waals surface area (Å²) in [4.78, 5) is 4.30. The number of pyridine rings is 1.